The summed E-state index contributed by atoms with van der Waals surface area (Å²) in [6, 6.07) is 6.78. The minimum absolute atomic E-state index is 0.192. The second kappa shape index (κ2) is 4.44. The number of hydrogen-bond acceptors (Lipinski definition) is 4. The Morgan fingerprint density at radius 2 is 2.16 bits per heavy atom. The van der Waals surface area contributed by atoms with Crippen LogP contribution in [0.3, 0.4) is 0 Å². The van der Waals surface area contributed by atoms with Gasteiger partial charge in [-0.1, -0.05) is 23.7 Å². The predicted molar refractivity (Wildman–Crippen MR) is 71.2 cm³/mol. The molecule has 0 radical (unpaired) electrons. The van der Waals surface area contributed by atoms with Gasteiger partial charge < -0.3 is 0 Å². The Hall–Kier alpha value is -2.27. The van der Waals surface area contributed by atoms with Crippen LogP contribution < -0.4 is 0 Å². The number of rotatable bonds is 2. The van der Waals surface area contributed by atoms with Crippen LogP contribution in [-0.2, 0) is 7.05 Å². The Morgan fingerprint density at radius 1 is 1.32 bits per heavy atom. The minimum Gasteiger partial charge on any atom is -0.287 e. The first-order valence-electron chi connectivity index (χ1n) is 5.60. The van der Waals surface area contributed by atoms with Crippen LogP contribution in [0.5, 0.6) is 0 Å². The maximum absolute atomic E-state index is 12.4. The Bertz CT molecular complexity index is 781. The monoisotopic (exact) mass is 272 g/mol. The molecule has 0 aliphatic rings. The van der Waals surface area contributed by atoms with Gasteiger partial charge >= 0.3 is 0 Å². The molecule has 0 aliphatic heterocycles. The van der Waals surface area contributed by atoms with Crippen LogP contribution in [0.2, 0.25) is 5.02 Å². The Balaban J connectivity index is 2.17. The van der Waals surface area contributed by atoms with E-state index >= 15 is 0 Å². The molecule has 5 nitrogen and oxygen atoms in total. The van der Waals surface area contributed by atoms with E-state index in [2.05, 4.69) is 15.1 Å². The number of fused-ring (bicyclic) bond motifs is 1. The van der Waals surface area contributed by atoms with Gasteiger partial charge in [-0.25, -0.2) is 9.97 Å². The fourth-order valence-corrected chi connectivity index (χ4v) is 2.10. The van der Waals surface area contributed by atoms with E-state index in [0.29, 0.717) is 27.3 Å². The lowest BCUT2D eigenvalue weighted by Gasteiger charge is -2.02. The number of benzene rings is 1. The van der Waals surface area contributed by atoms with Crippen molar-refractivity contribution in [1.29, 1.82) is 0 Å². The van der Waals surface area contributed by atoms with Crippen LogP contribution in [-0.4, -0.2) is 25.5 Å². The molecule has 2 aromatic heterocycles. The maximum Gasteiger partial charge on any atom is 0.212 e. The molecule has 0 bridgehead atoms. The summed E-state index contributed by atoms with van der Waals surface area (Å²) in [5.74, 6) is -0.192. The van der Waals surface area contributed by atoms with Crippen molar-refractivity contribution in [3.05, 3.63) is 53.1 Å². The normalized spacial score (nSPS) is 10.8. The highest BCUT2D eigenvalue weighted by molar-refractivity contribution is 6.31. The number of ketones is 1. The zero-order valence-corrected chi connectivity index (χ0v) is 10.8. The van der Waals surface area contributed by atoms with Crippen molar-refractivity contribution in [2.75, 3.05) is 0 Å². The third kappa shape index (κ3) is 1.98. The number of carbonyl (C=O) groups is 1. The molecular formula is C13H9ClN4O. The fraction of sp³-hybridized carbons (Fsp3) is 0.0769. The first-order chi connectivity index (χ1) is 9.16. The lowest BCUT2D eigenvalue weighted by atomic mass is 10.1. The highest BCUT2D eigenvalue weighted by Crippen LogP contribution is 2.19. The topological polar surface area (TPSA) is 60.7 Å². The lowest BCUT2D eigenvalue weighted by Crippen LogP contribution is -2.05. The van der Waals surface area contributed by atoms with Crippen molar-refractivity contribution in [3.8, 4) is 0 Å². The molecule has 0 fully saturated rings. The number of carbonyl (C=O) groups excluding carboxylic acids is 1. The average molecular weight is 273 g/mol. The number of hydrogen-bond donors (Lipinski definition) is 0. The van der Waals surface area contributed by atoms with Gasteiger partial charge in [0.1, 0.15) is 12.0 Å². The molecule has 0 spiro atoms. The van der Waals surface area contributed by atoms with Crippen molar-refractivity contribution in [2.24, 2.45) is 7.05 Å². The molecule has 0 unspecified atom stereocenters. The highest BCUT2D eigenvalue weighted by atomic mass is 35.5. The lowest BCUT2D eigenvalue weighted by molar-refractivity contribution is 0.103. The average Bonchev–Trinajstić information content (AvgIpc) is 2.80. The molecule has 0 amide bonds. The molecule has 0 N–H and O–H groups in total. The molecule has 3 aromatic rings. The summed E-state index contributed by atoms with van der Waals surface area (Å²) in [6.45, 7) is 0. The van der Waals surface area contributed by atoms with Crippen LogP contribution in [0.15, 0.2) is 36.8 Å². The molecule has 6 heteroatoms. The maximum atomic E-state index is 12.4. The van der Waals surface area contributed by atoms with Gasteiger partial charge in [-0.2, -0.15) is 5.10 Å². The highest BCUT2D eigenvalue weighted by Gasteiger charge is 2.16. The summed E-state index contributed by atoms with van der Waals surface area (Å²) in [7, 11) is 1.77. The summed E-state index contributed by atoms with van der Waals surface area (Å²) in [4.78, 5) is 20.6. The second-order valence-electron chi connectivity index (χ2n) is 4.07. The van der Waals surface area contributed by atoms with Crippen LogP contribution >= 0.6 is 11.6 Å². The summed E-state index contributed by atoms with van der Waals surface area (Å²) in [5, 5.41) is 5.24. The van der Waals surface area contributed by atoms with E-state index in [1.165, 1.54) is 6.33 Å². The summed E-state index contributed by atoms with van der Waals surface area (Å²) < 4.78 is 1.60. The number of halogens is 1. The molecule has 0 saturated carbocycles. The van der Waals surface area contributed by atoms with Crippen molar-refractivity contribution >= 4 is 28.4 Å². The van der Waals surface area contributed by atoms with Gasteiger partial charge in [-0.15, -0.1) is 0 Å². The van der Waals surface area contributed by atoms with Gasteiger partial charge in [0.2, 0.25) is 5.78 Å². The smallest absolute Gasteiger partial charge is 0.212 e. The minimum atomic E-state index is -0.192. The van der Waals surface area contributed by atoms with E-state index < -0.39 is 0 Å². The molecule has 0 saturated heterocycles. The third-order valence-electron chi connectivity index (χ3n) is 2.83. The molecule has 94 valence electrons. The molecular weight excluding hydrogens is 264 g/mol. The van der Waals surface area contributed by atoms with E-state index in [0.717, 1.165) is 0 Å². The summed E-state index contributed by atoms with van der Waals surface area (Å²) in [5.41, 5.74) is 1.46. The predicted octanol–water partition coefficient (Wildman–Crippen LogP) is 2.25. The van der Waals surface area contributed by atoms with E-state index in [-0.39, 0.29) is 5.78 Å². The first-order valence-corrected chi connectivity index (χ1v) is 5.97. The fourth-order valence-electron chi connectivity index (χ4n) is 1.91. The Labute approximate surface area is 113 Å². The second-order valence-corrected chi connectivity index (χ2v) is 4.50. The zero-order chi connectivity index (χ0) is 13.4. The van der Waals surface area contributed by atoms with E-state index in [9.17, 15) is 4.79 Å². The van der Waals surface area contributed by atoms with Crippen molar-refractivity contribution in [3.63, 3.8) is 0 Å². The van der Waals surface area contributed by atoms with Crippen LogP contribution in [0.25, 0.3) is 11.0 Å². The van der Waals surface area contributed by atoms with Crippen LogP contribution in [0.1, 0.15) is 16.1 Å². The van der Waals surface area contributed by atoms with Gasteiger partial charge in [-0.3, -0.25) is 9.48 Å². The van der Waals surface area contributed by atoms with Crippen LogP contribution in [0.4, 0.5) is 0 Å². The molecule has 3 rings (SSSR count). The van der Waals surface area contributed by atoms with E-state index in [1.54, 1.807) is 42.2 Å². The third-order valence-corrected chi connectivity index (χ3v) is 3.07. The van der Waals surface area contributed by atoms with E-state index in [4.69, 9.17) is 11.6 Å². The number of nitrogens with zero attached hydrogens (tertiary/aromatic N) is 4. The largest absolute Gasteiger partial charge is 0.287 e. The quantitative estimate of drug-likeness (QED) is 0.671. The molecule has 2 heterocycles. The Morgan fingerprint density at radius 3 is 2.95 bits per heavy atom. The molecule has 1 aromatic carbocycles. The molecule has 0 aliphatic carbocycles. The Kier molecular flexibility index (Phi) is 2.76. The standard InChI is InChI=1S/C13H9ClN4O/c1-18-13-10(6-17-18)11(15-7-16-13)12(19)8-3-2-4-9(14)5-8/h2-7H,1H3. The number of aromatic nitrogens is 4. The SMILES string of the molecule is Cn1ncc2c(C(=O)c3cccc(Cl)c3)ncnc21. The van der Waals surface area contributed by atoms with Crippen molar-refractivity contribution in [1.82, 2.24) is 19.7 Å². The zero-order valence-electron chi connectivity index (χ0n) is 10.0. The first kappa shape index (κ1) is 11.8. The van der Waals surface area contributed by atoms with Gasteiger partial charge in [-0.05, 0) is 12.1 Å². The van der Waals surface area contributed by atoms with Gasteiger partial charge in [0, 0.05) is 17.6 Å². The molecule has 0 atom stereocenters. The van der Waals surface area contributed by atoms with Crippen LogP contribution in [0, 0.1) is 0 Å². The van der Waals surface area contributed by atoms with Crippen molar-refractivity contribution in [2.45, 2.75) is 0 Å². The van der Waals surface area contributed by atoms with E-state index in [1.807, 2.05) is 0 Å². The van der Waals surface area contributed by atoms with Gasteiger partial charge in [0.15, 0.2) is 5.65 Å². The summed E-state index contributed by atoms with van der Waals surface area (Å²) >= 11 is 5.90. The van der Waals surface area contributed by atoms with Gasteiger partial charge in [0.25, 0.3) is 0 Å². The summed E-state index contributed by atoms with van der Waals surface area (Å²) in [6.07, 6.45) is 2.95. The van der Waals surface area contributed by atoms with Crippen molar-refractivity contribution < 1.29 is 4.79 Å². The van der Waals surface area contributed by atoms with Gasteiger partial charge in [0.05, 0.1) is 11.6 Å². The number of aryl methyl sites for hydroxylation is 1. The molecule has 19 heavy (non-hydrogen) atoms.